The Balaban J connectivity index is 1.60. The Morgan fingerprint density at radius 2 is 2.00 bits per heavy atom. The van der Waals surface area contributed by atoms with E-state index in [4.69, 9.17) is 0 Å². The van der Waals surface area contributed by atoms with E-state index in [-0.39, 0.29) is 5.54 Å². The maximum atomic E-state index is 12.9. The molecule has 0 aromatic rings. The van der Waals surface area contributed by atoms with Crippen LogP contribution in [0.5, 0.6) is 0 Å². The minimum Gasteiger partial charge on any atom is -0.339 e. The summed E-state index contributed by atoms with van der Waals surface area (Å²) in [6.45, 7) is 7.55. The molecule has 4 heteroatoms. The molecule has 2 atom stereocenters. The molecule has 1 N–H and O–H groups in total. The van der Waals surface area contributed by atoms with Crippen molar-refractivity contribution in [3.05, 3.63) is 0 Å². The second-order valence-corrected chi connectivity index (χ2v) is 6.76. The minimum atomic E-state index is -0.239. The fraction of sp³-hybridized carbons (Fsp3) is 0.938. The van der Waals surface area contributed by atoms with Crippen LogP contribution in [0, 0.1) is 0 Å². The third-order valence-corrected chi connectivity index (χ3v) is 5.61. The molecule has 0 aromatic carbocycles. The number of nitrogens with zero attached hydrogens (tertiary/aromatic N) is 2. The number of rotatable bonds is 3. The van der Waals surface area contributed by atoms with Crippen LogP contribution in [0.3, 0.4) is 0 Å². The number of carbonyl (C=O) groups is 1. The lowest BCUT2D eigenvalue weighted by Crippen LogP contribution is -2.54. The molecule has 20 heavy (non-hydrogen) atoms. The Labute approximate surface area is 122 Å². The van der Waals surface area contributed by atoms with Gasteiger partial charge in [-0.15, -0.1) is 0 Å². The zero-order valence-electron chi connectivity index (χ0n) is 12.9. The van der Waals surface area contributed by atoms with E-state index in [1.165, 1.54) is 38.8 Å². The van der Waals surface area contributed by atoms with Crippen LogP contribution in [-0.4, -0.2) is 60.0 Å². The number of nitrogens with one attached hydrogen (secondary N) is 1. The highest BCUT2D eigenvalue weighted by atomic mass is 16.2. The fourth-order valence-corrected chi connectivity index (χ4v) is 4.25. The molecule has 0 radical (unpaired) electrons. The molecule has 0 saturated carbocycles. The van der Waals surface area contributed by atoms with Crippen molar-refractivity contribution in [3.8, 4) is 0 Å². The Morgan fingerprint density at radius 3 is 2.65 bits per heavy atom. The third-order valence-electron chi connectivity index (χ3n) is 5.61. The molecule has 0 spiro atoms. The summed E-state index contributed by atoms with van der Waals surface area (Å²) in [6, 6.07) is 0.620. The Morgan fingerprint density at radius 1 is 1.20 bits per heavy atom. The molecule has 3 aliphatic rings. The molecular formula is C16H29N3O. The van der Waals surface area contributed by atoms with E-state index in [1.54, 1.807) is 0 Å². The summed E-state index contributed by atoms with van der Waals surface area (Å²) in [7, 11) is 0. The van der Waals surface area contributed by atoms with Gasteiger partial charge in [-0.3, -0.25) is 9.69 Å². The average Bonchev–Trinajstić information content (AvgIpc) is 3.17. The standard InChI is InChI=1S/C16H29N3O/c1-2-16(8-6-9-17-16)15(20)19-12-7-14(13-19)18-10-4-3-5-11-18/h14,17H,2-13H2,1H3. The minimum absolute atomic E-state index is 0.239. The van der Waals surface area contributed by atoms with Gasteiger partial charge in [-0.2, -0.15) is 0 Å². The SMILES string of the molecule is CCC1(C(=O)N2CCC(N3CCCCC3)C2)CCCN1. The van der Waals surface area contributed by atoms with Crippen LogP contribution in [0.2, 0.25) is 0 Å². The summed E-state index contributed by atoms with van der Waals surface area (Å²) < 4.78 is 0. The smallest absolute Gasteiger partial charge is 0.242 e. The van der Waals surface area contributed by atoms with Gasteiger partial charge in [0.25, 0.3) is 0 Å². The van der Waals surface area contributed by atoms with E-state index in [9.17, 15) is 4.79 Å². The highest BCUT2D eigenvalue weighted by Gasteiger charge is 2.44. The molecule has 114 valence electrons. The molecule has 3 rings (SSSR count). The monoisotopic (exact) mass is 279 g/mol. The molecular weight excluding hydrogens is 250 g/mol. The maximum absolute atomic E-state index is 12.9. The van der Waals surface area contributed by atoms with Gasteiger partial charge < -0.3 is 10.2 Å². The van der Waals surface area contributed by atoms with E-state index in [1.807, 2.05) is 0 Å². The van der Waals surface area contributed by atoms with Crippen LogP contribution in [0.25, 0.3) is 0 Å². The maximum Gasteiger partial charge on any atom is 0.242 e. The quantitative estimate of drug-likeness (QED) is 0.852. The number of carbonyl (C=O) groups excluding carboxylic acids is 1. The topological polar surface area (TPSA) is 35.6 Å². The Bertz CT molecular complexity index is 346. The Hall–Kier alpha value is -0.610. The van der Waals surface area contributed by atoms with Gasteiger partial charge in [0.15, 0.2) is 0 Å². The number of hydrogen-bond acceptors (Lipinski definition) is 3. The van der Waals surface area contributed by atoms with E-state index in [2.05, 4.69) is 22.0 Å². The second-order valence-electron chi connectivity index (χ2n) is 6.76. The summed E-state index contributed by atoms with van der Waals surface area (Å²) in [5, 5.41) is 3.49. The lowest BCUT2D eigenvalue weighted by Gasteiger charge is -2.34. The normalized spacial score (nSPS) is 35.6. The van der Waals surface area contributed by atoms with Gasteiger partial charge in [-0.05, 0) is 58.2 Å². The lowest BCUT2D eigenvalue weighted by molar-refractivity contribution is -0.137. The molecule has 0 aliphatic carbocycles. The van der Waals surface area contributed by atoms with E-state index >= 15 is 0 Å². The molecule has 0 aromatic heterocycles. The van der Waals surface area contributed by atoms with Gasteiger partial charge >= 0.3 is 0 Å². The lowest BCUT2D eigenvalue weighted by atomic mass is 9.92. The van der Waals surface area contributed by atoms with Gasteiger partial charge in [0.05, 0.1) is 5.54 Å². The molecule has 2 unspecified atom stereocenters. The van der Waals surface area contributed by atoms with Crippen molar-refractivity contribution in [2.45, 2.75) is 63.5 Å². The summed E-state index contributed by atoms with van der Waals surface area (Å²) >= 11 is 0. The third kappa shape index (κ3) is 2.60. The molecule has 3 saturated heterocycles. The summed E-state index contributed by atoms with van der Waals surface area (Å²) in [6.07, 6.45) is 8.32. The van der Waals surface area contributed by atoms with Crippen LogP contribution in [0.4, 0.5) is 0 Å². The first-order chi connectivity index (χ1) is 9.75. The van der Waals surface area contributed by atoms with Crippen molar-refractivity contribution in [1.29, 1.82) is 0 Å². The molecule has 3 fully saturated rings. The molecule has 4 nitrogen and oxygen atoms in total. The fourth-order valence-electron chi connectivity index (χ4n) is 4.25. The molecule has 1 amide bonds. The predicted octanol–water partition coefficient (Wildman–Crippen LogP) is 1.61. The van der Waals surface area contributed by atoms with Crippen molar-refractivity contribution in [3.63, 3.8) is 0 Å². The summed E-state index contributed by atoms with van der Waals surface area (Å²) in [5.74, 6) is 0.372. The zero-order chi connectivity index (χ0) is 14.0. The van der Waals surface area contributed by atoms with Crippen LogP contribution in [0.1, 0.15) is 51.9 Å². The van der Waals surface area contributed by atoms with Gasteiger partial charge in [0, 0.05) is 19.1 Å². The summed E-state index contributed by atoms with van der Waals surface area (Å²) in [5.41, 5.74) is -0.239. The van der Waals surface area contributed by atoms with Gasteiger partial charge in [0.2, 0.25) is 5.91 Å². The number of hydrogen-bond donors (Lipinski definition) is 1. The van der Waals surface area contributed by atoms with Crippen LogP contribution < -0.4 is 5.32 Å². The number of amides is 1. The van der Waals surface area contributed by atoms with Crippen molar-refractivity contribution in [1.82, 2.24) is 15.1 Å². The van der Waals surface area contributed by atoms with Crippen molar-refractivity contribution in [2.24, 2.45) is 0 Å². The first-order valence-electron chi connectivity index (χ1n) is 8.54. The highest BCUT2D eigenvalue weighted by Crippen LogP contribution is 2.28. The average molecular weight is 279 g/mol. The predicted molar refractivity (Wildman–Crippen MR) is 80.7 cm³/mol. The Kier molecular flexibility index (Phi) is 4.32. The van der Waals surface area contributed by atoms with Gasteiger partial charge in [0.1, 0.15) is 0 Å². The van der Waals surface area contributed by atoms with Crippen LogP contribution in [-0.2, 0) is 4.79 Å². The molecule has 3 aliphatic heterocycles. The van der Waals surface area contributed by atoms with E-state index in [0.717, 1.165) is 38.9 Å². The molecule has 3 heterocycles. The first-order valence-corrected chi connectivity index (χ1v) is 8.54. The van der Waals surface area contributed by atoms with Crippen LogP contribution >= 0.6 is 0 Å². The number of piperidine rings is 1. The van der Waals surface area contributed by atoms with Crippen molar-refractivity contribution < 1.29 is 4.79 Å². The highest BCUT2D eigenvalue weighted by molar-refractivity contribution is 5.87. The summed E-state index contributed by atoms with van der Waals surface area (Å²) in [4.78, 5) is 17.6. The largest absolute Gasteiger partial charge is 0.339 e. The van der Waals surface area contributed by atoms with Gasteiger partial charge in [-0.1, -0.05) is 13.3 Å². The zero-order valence-corrected chi connectivity index (χ0v) is 12.9. The van der Waals surface area contributed by atoms with Crippen LogP contribution in [0.15, 0.2) is 0 Å². The number of likely N-dealkylation sites (tertiary alicyclic amines) is 2. The first kappa shape index (κ1) is 14.3. The van der Waals surface area contributed by atoms with E-state index in [0.29, 0.717) is 11.9 Å². The van der Waals surface area contributed by atoms with Crippen molar-refractivity contribution in [2.75, 3.05) is 32.7 Å². The van der Waals surface area contributed by atoms with Crippen molar-refractivity contribution >= 4 is 5.91 Å². The van der Waals surface area contributed by atoms with Gasteiger partial charge in [-0.25, -0.2) is 0 Å². The van der Waals surface area contributed by atoms with E-state index < -0.39 is 0 Å². The second kappa shape index (κ2) is 6.02. The molecule has 0 bridgehead atoms.